The Morgan fingerprint density at radius 3 is 2.55 bits per heavy atom. The fraction of sp³-hybridized carbons (Fsp3) is 0.188. The van der Waals surface area contributed by atoms with Gasteiger partial charge in [0.2, 0.25) is 5.82 Å². The van der Waals surface area contributed by atoms with Crippen LogP contribution in [0.3, 0.4) is 0 Å². The lowest BCUT2D eigenvalue weighted by Crippen LogP contribution is -1.91. The van der Waals surface area contributed by atoms with Crippen LogP contribution in [0, 0.1) is 11.8 Å². The first-order valence-electron chi connectivity index (χ1n) is 6.72. The molecule has 6 nitrogen and oxygen atoms in total. The Balaban J connectivity index is 2.23. The molecule has 6 heteroatoms. The minimum Gasteiger partial charge on any atom is -0.493 e. The van der Waals surface area contributed by atoms with Crippen molar-refractivity contribution in [3.63, 3.8) is 0 Å². The summed E-state index contributed by atoms with van der Waals surface area (Å²) >= 11 is 0. The third-order valence-corrected chi connectivity index (χ3v) is 3.50. The van der Waals surface area contributed by atoms with E-state index in [0.29, 0.717) is 22.8 Å². The van der Waals surface area contributed by atoms with Crippen LogP contribution in [0.1, 0.15) is 5.56 Å². The maximum absolute atomic E-state index is 11.3. The summed E-state index contributed by atoms with van der Waals surface area (Å²) < 4.78 is 12.2. The molecule has 0 N–H and O–H groups in total. The summed E-state index contributed by atoms with van der Waals surface area (Å²) in [4.78, 5) is 15.8. The van der Waals surface area contributed by atoms with Crippen molar-refractivity contribution in [2.24, 2.45) is 5.18 Å². The molecule has 3 aromatic rings. The Bertz CT molecular complexity index is 855. The third-order valence-electron chi connectivity index (χ3n) is 3.50. The molecule has 0 fully saturated rings. The van der Waals surface area contributed by atoms with Crippen molar-refractivity contribution in [1.82, 2.24) is 9.38 Å². The number of hydrogen-bond acceptors (Lipinski definition) is 5. The van der Waals surface area contributed by atoms with Gasteiger partial charge >= 0.3 is 0 Å². The molecule has 0 aliphatic heterocycles. The van der Waals surface area contributed by atoms with Crippen molar-refractivity contribution in [3.05, 3.63) is 47.0 Å². The Morgan fingerprint density at radius 2 is 1.86 bits per heavy atom. The lowest BCUT2D eigenvalue weighted by atomic mass is 10.1. The highest BCUT2D eigenvalue weighted by atomic mass is 16.5. The van der Waals surface area contributed by atoms with Crippen molar-refractivity contribution in [2.45, 2.75) is 6.92 Å². The summed E-state index contributed by atoms with van der Waals surface area (Å²) in [7, 11) is 3.14. The second kappa shape index (κ2) is 5.48. The topological polar surface area (TPSA) is 65.2 Å². The fourth-order valence-electron chi connectivity index (χ4n) is 2.40. The molecule has 0 atom stereocenters. The Labute approximate surface area is 127 Å². The first-order chi connectivity index (χ1) is 10.7. The van der Waals surface area contributed by atoms with Gasteiger partial charge in [-0.3, -0.25) is 4.40 Å². The van der Waals surface area contributed by atoms with Crippen LogP contribution in [0.25, 0.3) is 16.9 Å². The van der Waals surface area contributed by atoms with E-state index < -0.39 is 0 Å². The van der Waals surface area contributed by atoms with Crippen molar-refractivity contribution >= 4 is 11.5 Å². The number of nitrogens with zero attached hydrogens (tertiary/aromatic N) is 3. The Morgan fingerprint density at radius 1 is 1.09 bits per heavy atom. The second-order valence-corrected chi connectivity index (χ2v) is 4.88. The van der Waals surface area contributed by atoms with Crippen molar-refractivity contribution in [2.75, 3.05) is 14.2 Å². The molecule has 2 heterocycles. The second-order valence-electron chi connectivity index (χ2n) is 4.88. The summed E-state index contributed by atoms with van der Waals surface area (Å²) in [5.41, 5.74) is 3.00. The van der Waals surface area contributed by atoms with E-state index in [0.717, 1.165) is 11.1 Å². The highest BCUT2D eigenvalue weighted by molar-refractivity contribution is 5.76. The molecule has 0 saturated heterocycles. The molecule has 1 aromatic carbocycles. The molecule has 0 saturated carbocycles. The van der Waals surface area contributed by atoms with Crippen LogP contribution in [-0.2, 0) is 0 Å². The molecule has 3 rings (SSSR count). The monoisotopic (exact) mass is 297 g/mol. The van der Waals surface area contributed by atoms with E-state index >= 15 is 0 Å². The van der Waals surface area contributed by atoms with Crippen LogP contribution in [0.5, 0.6) is 11.5 Å². The number of fused-ring (bicyclic) bond motifs is 1. The first kappa shape index (κ1) is 14.1. The smallest absolute Gasteiger partial charge is 0.209 e. The molecule has 22 heavy (non-hydrogen) atoms. The first-order valence-corrected chi connectivity index (χ1v) is 6.72. The number of imidazole rings is 1. The number of nitroso groups, excluding NO2 is 1. The van der Waals surface area contributed by atoms with Crippen LogP contribution >= 0.6 is 0 Å². The van der Waals surface area contributed by atoms with Crippen molar-refractivity contribution < 1.29 is 9.47 Å². The van der Waals surface area contributed by atoms with E-state index in [1.807, 2.05) is 25.1 Å². The Kier molecular flexibility index (Phi) is 3.50. The minimum absolute atomic E-state index is 0.266. The van der Waals surface area contributed by atoms with Crippen molar-refractivity contribution in [3.8, 4) is 22.8 Å². The van der Waals surface area contributed by atoms with Gasteiger partial charge in [-0.25, -0.2) is 4.98 Å². The molecule has 0 spiro atoms. The largest absolute Gasteiger partial charge is 0.493 e. The van der Waals surface area contributed by atoms with Gasteiger partial charge in [-0.2, -0.15) is 0 Å². The van der Waals surface area contributed by atoms with Crippen molar-refractivity contribution in [1.29, 1.82) is 0 Å². The molecular weight excluding hydrogens is 282 g/mol. The van der Waals surface area contributed by atoms with Gasteiger partial charge in [0.25, 0.3) is 0 Å². The van der Waals surface area contributed by atoms with Gasteiger partial charge in [0.15, 0.2) is 11.5 Å². The van der Waals surface area contributed by atoms with Gasteiger partial charge in [-0.1, -0.05) is 0 Å². The molecule has 0 aliphatic carbocycles. The number of methoxy groups -OCH3 is 2. The zero-order valence-electron chi connectivity index (χ0n) is 12.5. The van der Waals surface area contributed by atoms with Gasteiger partial charge in [-0.05, 0) is 48.0 Å². The van der Waals surface area contributed by atoms with Gasteiger partial charge in [0.1, 0.15) is 11.3 Å². The standard InChI is InChI=1S/C16H15N3O3/c1-10-6-7-19-14(8-10)17-15(16(19)18-20)11-4-5-12(21-2)13(9-11)22-3/h4-9H,1-3H3. The summed E-state index contributed by atoms with van der Waals surface area (Å²) in [5, 5.41) is 3.14. The highest BCUT2D eigenvalue weighted by Gasteiger charge is 2.16. The third kappa shape index (κ3) is 2.18. The zero-order valence-corrected chi connectivity index (χ0v) is 12.5. The number of hydrogen-bond donors (Lipinski definition) is 0. The molecule has 2 aromatic heterocycles. The van der Waals surface area contributed by atoms with Gasteiger partial charge in [0.05, 0.1) is 14.2 Å². The summed E-state index contributed by atoms with van der Waals surface area (Å²) in [5.74, 6) is 1.46. The molecule has 112 valence electrons. The van der Waals surface area contributed by atoms with E-state index in [4.69, 9.17) is 9.47 Å². The summed E-state index contributed by atoms with van der Waals surface area (Å²) in [6.07, 6.45) is 1.79. The zero-order chi connectivity index (χ0) is 15.7. The lowest BCUT2D eigenvalue weighted by Gasteiger charge is -2.08. The van der Waals surface area contributed by atoms with Gasteiger partial charge < -0.3 is 9.47 Å². The van der Waals surface area contributed by atoms with E-state index in [-0.39, 0.29) is 5.82 Å². The SMILES string of the molecule is COc1ccc(-c2nc3cc(C)ccn3c2N=O)cc1OC. The summed E-state index contributed by atoms with van der Waals surface area (Å²) in [6.45, 7) is 1.97. The van der Waals surface area contributed by atoms with Crippen LogP contribution in [-0.4, -0.2) is 23.6 Å². The van der Waals surface area contributed by atoms with Crippen LogP contribution in [0.4, 0.5) is 5.82 Å². The Hall–Kier alpha value is -2.89. The normalized spacial score (nSPS) is 10.7. The van der Waals surface area contributed by atoms with E-state index in [2.05, 4.69) is 10.2 Å². The molecular formula is C16H15N3O3. The lowest BCUT2D eigenvalue weighted by molar-refractivity contribution is 0.355. The van der Waals surface area contributed by atoms with Crippen LogP contribution < -0.4 is 9.47 Å². The van der Waals surface area contributed by atoms with Gasteiger partial charge in [0, 0.05) is 11.8 Å². The number of aromatic nitrogens is 2. The average Bonchev–Trinajstić information content (AvgIpc) is 2.91. The number of rotatable bonds is 4. The van der Waals surface area contributed by atoms with Crippen LogP contribution in [0.2, 0.25) is 0 Å². The summed E-state index contributed by atoms with van der Waals surface area (Å²) in [6, 6.07) is 9.19. The molecule has 0 aliphatic rings. The molecule has 0 bridgehead atoms. The quantitative estimate of drug-likeness (QED) is 0.688. The van der Waals surface area contributed by atoms with E-state index in [1.54, 1.807) is 36.9 Å². The molecule has 0 unspecified atom stereocenters. The number of benzene rings is 1. The van der Waals surface area contributed by atoms with Gasteiger partial charge in [-0.15, -0.1) is 4.91 Å². The number of pyridine rings is 1. The van der Waals surface area contributed by atoms with E-state index in [1.165, 1.54) is 0 Å². The number of aryl methyl sites for hydroxylation is 1. The average molecular weight is 297 g/mol. The number of ether oxygens (including phenoxy) is 2. The molecule has 0 radical (unpaired) electrons. The maximum atomic E-state index is 11.3. The van der Waals surface area contributed by atoms with E-state index in [9.17, 15) is 4.91 Å². The fourth-order valence-corrected chi connectivity index (χ4v) is 2.40. The predicted molar refractivity (Wildman–Crippen MR) is 83.9 cm³/mol. The predicted octanol–water partition coefficient (Wildman–Crippen LogP) is 3.72. The molecule has 0 amide bonds. The maximum Gasteiger partial charge on any atom is 0.209 e. The minimum atomic E-state index is 0.266. The van der Waals surface area contributed by atoms with Crippen LogP contribution in [0.15, 0.2) is 41.7 Å². The highest BCUT2D eigenvalue weighted by Crippen LogP contribution is 2.36.